The lowest BCUT2D eigenvalue weighted by atomic mass is 9.96. The van der Waals surface area contributed by atoms with E-state index in [9.17, 15) is 14.7 Å². The molecule has 2 amide bonds. The van der Waals surface area contributed by atoms with Gasteiger partial charge in [0.2, 0.25) is 5.43 Å². The van der Waals surface area contributed by atoms with Gasteiger partial charge in [0, 0.05) is 11.8 Å². The maximum absolute atomic E-state index is 12.3. The predicted molar refractivity (Wildman–Crippen MR) is 97.0 cm³/mol. The number of urea groups is 1. The molecule has 0 saturated heterocycles. The van der Waals surface area contributed by atoms with Gasteiger partial charge < -0.3 is 20.2 Å². The van der Waals surface area contributed by atoms with E-state index in [4.69, 9.17) is 4.42 Å². The number of nitrogens with one attached hydrogen (secondary N) is 2. The highest BCUT2D eigenvalue weighted by atomic mass is 16.4. The lowest BCUT2D eigenvalue weighted by molar-refractivity contribution is 0.250. The number of anilines is 1. The van der Waals surface area contributed by atoms with Crippen molar-refractivity contribution in [2.24, 2.45) is 0 Å². The molecule has 0 bridgehead atoms. The molecule has 6 nitrogen and oxygen atoms in total. The summed E-state index contributed by atoms with van der Waals surface area (Å²) in [5.74, 6) is 0.0920. The zero-order chi connectivity index (χ0) is 18.4. The Morgan fingerprint density at radius 3 is 2.72 bits per heavy atom. The Labute approximate surface area is 146 Å². The number of amides is 2. The highest BCUT2D eigenvalue weighted by molar-refractivity contribution is 5.91. The first kappa shape index (κ1) is 18.6. The van der Waals surface area contributed by atoms with E-state index in [2.05, 4.69) is 31.4 Å². The smallest absolute Gasteiger partial charge is 0.319 e. The molecule has 0 unspecified atom stereocenters. The van der Waals surface area contributed by atoms with Gasteiger partial charge in [0.15, 0.2) is 5.75 Å². The first-order valence-electron chi connectivity index (χ1n) is 8.39. The van der Waals surface area contributed by atoms with Gasteiger partial charge in [-0.1, -0.05) is 45.4 Å². The molecule has 0 saturated carbocycles. The minimum absolute atomic E-state index is 0.0499. The van der Waals surface area contributed by atoms with Crippen LogP contribution in [-0.2, 0) is 13.0 Å². The summed E-state index contributed by atoms with van der Waals surface area (Å²) < 4.78 is 5.07. The van der Waals surface area contributed by atoms with Crippen molar-refractivity contribution in [3.8, 4) is 5.75 Å². The van der Waals surface area contributed by atoms with Crippen LogP contribution in [0.15, 0.2) is 39.7 Å². The SMILES string of the molecule is CCCc1cccc(C(C)C)c1NC(=O)NCc1cc(=O)c(O)co1. The lowest BCUT2D eigenvalue weighted by Crippen LogP contribution is -2.29. The fourth-order valence-electron chi connectivity index (χ4n) is 2.59. The van der Waals surface area contributed by atoms with E-state index in [-0.39, 0.29) is 24.3 Å². The number of aryl methyl sites for hydroxylation is 1. The number of carbonyl (C=O) groups excluding carboxylic acids is 1. The van der Waals surface area contributed by atoms with Gasteiger partial charge in [0.25, 0.3) is 0 Å². The molecule has 1 aromatic carbocycles. The zero-order valence-corrected chi connectivity index (χ0v) is 14.8. The van der Waals surface area contributed by atoms with Crippen LogP contribution in [0.5, 0.6) is 5.75 Å². The molecule has 134 valence electrons. The van der Waals surface area contributed by atoms with Crippen LogP contribution in [0.4, 0.5) is 10.5 Å². The largest absolute Gasteiger partial charge is 0.502 e. The van der Waals surface area contributed by atoms with Gasteiger partial charge in [-0.15, -0.1) is 0 Å². The average Bonchev–Trinajstić information content (AvgIpc) is 2.57. The molecule has 3 N–H and O–H groups in total. The van der Waals surface area contributed by atoms with Crippen LogP contribution >= 0.6 is 0 Å². The summed E-state index contributed by atoms with van der Waals surface area (Å²) in [5, 5.41) is 14.8. The fourth-order valence-corrected chi connectivity index (χ4v) is 2.59. The topological polar surface area (TPSA) is 91.6 Å². The quantitative estimate of drug-likeness (QED) is 0.744. The Kier molecular flexibility index (Phi) is 6.22. The van der Waals surface area contributed by atoms with Crippen LogP contribution in [0, 0.1) is 0 Å². The number of benzene rings is 1. The van der Waals surface area contributed by atoms with Crippen molar-refractivity contribution in [3.63, 3.8) is 0 Å². The molecular formula is C19H24N2O4. The zero-order valence-electron chi connectivity index (χ0n) is 14.8. The van der Waals surface area contributed by atoms with E-state index in [0.717, 1.165) is 42.0 Å². The Morgan fingerprint density at radius 1 is 1.32 bits per heavy atom. The van der Waals surface area contributed by atoms with Crippen molar-refractivity contribution in [1.29, 1.82) is 0 Å². The molecule has 2 rings (SSSR count). The summed E-state index contributed by atoms with van der Waals surface area (Å²) >= 11 is 0. The van der Waals surface area contributed by atoms with Crippen molar-refractivity contribution >= 4 is 11.7 Å². The van der Waals surface area contributed by atoms with Gasteiger partial charge in [-0.05, 0) is 23.5 Å². The lowest BCUT2D eigenvalue weighted by Gasteiger charge is -2.18. The summed E-state index contributed by atoms with van der Waals surface area (Å²) in [4.78, 5) is 23.7. The second kappa shape index (κ2) is 8.37. The molecule has 25 heavy (non-hydrogen) atoms. The summed E-state index contributed by atoms with van der Waals surface area (Å²) in [6.07, 6.45) is 2.82. The van der Waals surface area contributed by atoms with Crippen LogP contribution < -0.4 is 16.1 Å². The summed E-state index contributed by atoms with van der Waals surface area (Å²) in [5.41, 5.74) is 2.47. The highest BCUT2D eigenvalue weighted by Gasteiger charge is 2.14. The van der Waals surface area contributed by atoms with Gasteiger partial charge in [-0.25, -0.2) is 4.79 Å². The molecule has 0 fully saturated rings. The summed E-state index contributed by atoms with van der Waals surface area (Å²) in [7, 11) is 0. The van der Waals surface area contributed by atoms with Crippen molar-refractivity contribution in [2.45, 2.75) is 46.1 Å². The Balaban J connectivity index is 2.11. The van der Waals surface area contributed by atoms with Gasteiger partial charge in [0.05, 0.1) is 6.54 Å². The number of carbonyl (C=O) groups is 1. The molecule has 0 aliphatic heterocycles. The van der Waals surface area contributed by atoms with E-state index >= 15 is 0 Å². The third kappa shape index (κ3) is 4.86. The number of hydrogen-bond acceptors (Lipinski definition) is 4. The van der Waals surface area contributed by atoms with Crippen LogP contribution in [0.1, 0.15) is 50.0 Å². The van der Waals surface area contributed by atoms with Gasteiger partial charge in [-0.2, -0.15) is 0 Å². The number of para-hydroxylation sites is 1. The number of hydrogen-bond donors (Lipinski definition) is 3. The number of aromatic hydroxyl groups is 1. The van der Waals surface area contributed by atoms with Crippen molar-refractivity contribution in [1.82, 2.24) is 5.32 Å². The molecular weight excluding hydrogens is 320 g/mol. The van der Waals surface area contributed by atoms with E-state index in [1.807, 2.05) is 18.2 Å². The Bertz CT molecular complexity index is 796. The Hall–Kier alpha value is -2.76. The molecule has 0 aliphatic carbocycles. The monoisotopic (exact) mass is 344 g/mol. The fraction of sp³-hybridized carbons (Fsp3) is 0.368. The number of rotatable bonds is 6. The maximum Gasteiger partial charge on any atom is 0.319 e. The second-order valence-electron chi connectivity index (χ2n) is 6.19. The third-order valence-corrected chi connectivity index (χ3v) is 3.85. The molecule has 1 aromatic heterocycles. The molecule has 0 radical (unpaired) electrons. The normalized spacial score (nSPS) is 10.7. The van der Waals surface area contributed by atoms with Gasteiger partial charge in [0.1, 0.15) is 12.0 Å². The molecule has 0 spiro atoms. The predicted octanol–water partition coefficient (Wildman–Crippen LogP) is 3.74. The molecule has 6 heteroatoms. The molecule has 0 atom stereocenters. The van der Waals surface area contributed by atoms with E-state index in [0.29, 0.717) is 0 Å². The Morgan fingerprint density at radius 2 is 2.08 bits per heavy atom. The standard InChI is InChI=1S/C19H24N2O4/c1-4-6-13-7-5-8-15(12(2)3)18(13)21-19(24)20-10-14-9-16(22)17(23)11-25-14/h5,7-9,11-12,23H,4,6,10H2,1-3H3,(H2,20,21,24). The third-order valence-electron chi connectivity index (χ3n) is 3.85. The van der Waals surface area contributed by atoms with Crippen LogP contribution in [0.25, 0.3) is 0 Å². The minimum atomic E-state index is -0.543. The first-order valence-corrected chi connectivity index (χ1v) is 8.39. The summed E-state index contributed by atoms with van der Waals surface area (Å²) in [6.45, 7) is 6.31. The van der Waals surface area contributed by atoms with Crippen LogP contribution in [-0.4, -0.2) is 11.1 Å². The van der Waals surface area contributed by atoms with Crippen LogP contribution in [0.2, 0.25) is 0 Å². The molecule has 0 aliphatic rings. The van der Waals surface area contributed by atoms with E-state index < -0.39 is 11.2 Å². The molecule has 1 heterocycles. The average molecular weight is 344 g/mol. The minimum Gasteiger partial charge on any atom is -0.502 e. The van der Waals surface area contributed by atoms with Crippen molar-refractivity contribution in [3.05, 3.63) is 57.6 Å². The van der Waals surface area contributed by atoms with Crippen molar-refractivity contribution < 1.29 is 14.3 Å². The van der Waals surface area contributed by atoms with Gasteiger partial charge >= 0.3 is 6.03 Å². The van der Waals surface area contributed by atoms with Crippen molar-refractivity contribution in [2.75, 3.05) is 5.32 Å². The van der Waals surface area contributed by atoms with Gasteiger partial charge in [-0.3, -0.25) is 4.79 Å². The maximum atomic E-state index is 12.3. The molecule has 2 aromatic rings. The second-order valence-corrected chi connectivity index (χ2v) is 6.19. The highest BCUT2D eigenvalue weighted by Crippen LogP contribution is 2.28. The first-order chi connectivity index (χ1) is 11.9. The van der Waals surface area contributed by atoms with E-state index in [1.165, 1.54) is 0 Å². The van der Waals surface area contributed by atoms with E-state index in [1.54, 1.807) is 0 Å². The van der Waals surface area contributed by atoms with Crippen LogP contribution in [0.3, 0.4) is 0 Å². The summed E-state index contributed by atoms with van der Waals surface area (Å²) in [6, 6.07) is 6.82.